The second-order valence-electron chi connectivity index (χ2n) is 5.35. The van der Waals surface area contributed by atoms with Crippen molar-refractivity contribution in [3.63, 3.8) is 0 Å². The zero-order valence-electron chi connectivity index (χ0n) is 12.5. The van der Waals surface area contributed by atoms with Gasteiger partial charge in [-0.25, -0.2) is 0 Å². The lowest BCUT2D eigenvalue weighted by Gasteiger charge is -2.10. The van der Waals surface area contributed by atoms with Crippen LogP contribution in [0.1, 0.15) is 12.2 Å². The molecule has 0 saturated heterocycles. The number of carboxylic acid groups (broad SMARTS) is 1. The molecule has 0 radical (unpaired) electrons. The van der Waals surface area contributed by atoms with Crippen LogP contribution in [0.2, 0.25) is 0 Å². The topological polar surface area (TPSA) is 108 Å². The number of phenolic OH excluding ortho intramolecular Hbond substituents is 2. The first-order valence-electron chi connectivity index (χ1n) is 7.25. The SMILES string of the molecule is O=C(O)CCc1oc2cc(O)ccc2c(=O)c1-c1ccc(O)cc1. The Balaban J connectivity index is 2.27. The average molecular weight is 326 g/mol. The molecule has 0 atom stereocenters. The number of carboxylic acids is 1. The minimum absolute atomic E-state index is 0.0341. The van der Waals surface area contributed by atoms with Gasteiger partial charge in [-0.2, -0.15) is 0 Å². The molecule has 6 heteroatoms. The highest BCUT2D eigenvalue weighted by atomic mass is 16.4. The number of rotatable bonds is 4. The van der Waals surface area contributed by atoms with E-state index in [0.29, 0.717) is 5.56 Å². The highest BCUT2D eigenvalue weighted by Gasteiger charge is 2.17. The van der Waals surface area contributed by atoms with Gasteiger partial charge in [-0.15, -0.1) is 0 Å². The molecular weight excluding hydrogens is 312 g/mol. The van der Waals surface area contributed by atoms with Crippen molar-refractivity contribution in [1.29, 1.82) is 0 Å². The minimum atomic E-state index is -1.01. The summed E-state index contributed by atoms with van der Waals surface area (Å²) in [5.74, 6) is -0.773. The first-order valence-corrected chi connectivity index (χ1v) is 7.25. The van der Waals surface area contributed by atoms with Gasteiger partial charge in [0.25, 0.3) is 0 Å². The largest absolute Gasteiger partial charge is 0.508 e. The molecule has 24 heavy (non-hydrogen) atoms. The molecule has 0 aliphatic rings. The number of phenols is 2. The van der Waals surface area contributed by atoms with E-state index in [-0.39, 0.29) is 52.1 Å². The summed E-state index contributed by atoms with van der Waals surface area (Å²) >= 11 is 0. The van der Waals surface area contributed by atoms with Crippen LogP contribution >= 0.6 is 0 Å². The third-order valence-corrected chi connectivity index (χ3v) is 3.67. The van der Waals surface area contributed by atoms with Crippen LogP contribution in [-0.2, 0) is 11.2 Å². The Kier molecular flexibility index (Phi) is 3.95. The first-order chi connectivity index (χ1) is 11.5. The Labute approximate surface area is 136 Å². The normalized spacial score (nSPS) is 10.8. The van der Waals surface area contributed by atoms with E-state index >= 15 is 0 Å². The molecule has 3 rings (SSSR count). The molecule has 1 heterocycles. The van der Waals surface area contributed by atoms with Gasteiger partial charge in [0, 0.05) is 12.5 Å². The summed E-state index contributed by atoms with van der Waals surface area (Å²) in [7, 11) is 0. The lowest BCUT2D eigenvalue weighted by Crippen LogP contribution is -2.10. The van der Waals surface area contributed by atoms with Crippen LogP contribution < -0.4 is 5.43 Å². The van der Waals surface area contributed by atoms with Gasteiger partial charge in [0.1, 0.15) is 22.8 Å². The van der Waals surface area contributed by atoms with Crippen LogP contribution in [0.15, 0.2) is 51.7 Å². The number of aromatic hydroxyl groups is 2. The molecule has 3 N–H and O–H groups in total. The van der Waals surface area contributed by atoms with Crippen molar-refractivity contribution in [3.8, 4) is 22.6 Å². The van der Waals surface area contributed by atoms with E-state index in [1.165, 1.54) is 30.3 Å². The van der Waals surface area contributed by atoms with Crippen LogP contribution in [0.5, 0.6) is 11.5 Å². The highest BCUT2D eigenvalue weighted by molar-refractivity contribution is 5.84. The van der Waals surface area contributed by atoms with Crippen LogP contribution in [0.25, 0.3) is 22.1 Å². The number of fused-ring (bicyclic) bond motifs is 1. The Morgan fingerprint density at radius 3 is 2.33 bits per heavy atom. The Bertz CT molecular complexity index is 969. The summed E-state index contributed by atoms with van der Waals surface area (Å²) in [6, 6.07) is 10.2. The fourth-order valence-corrected chi connectivity index (χ4v) is 2.54. The maximum Gasteiger partial charge on any atom is 0.303 e. The van der Waals surface area contributed by atoms with Gasteiger partial charge in [-0.3, -0.25) is 9.59 Å². The zero-order valence-corrected chi connectivity index (χ0v) is 12.5. The van der Waals surface area contributed by atoms with Gasteiger partial charge in [0.15, 0.2) is 0 Å². The fourth-order valence-electron chi connectivity index (χ4n) is 2.54. The predicted molar refractivity (Wildman–Crippen MR) is 87.2 cm³/mol. The summed E-state index contributed by atoms with van der Waals surface area (Å²) < 4.78 is 5.70. The van der Waals surface area contributed by atoms with Gasteiger partial charge in [-0.1, -0.05) is 12.1 Å². The summed E-state index contributed by atoms with van der Waals surface area (Å²) in [6.07, 6.45) is -0.162. The van der Waals surface area contributed by atoms with Crippen LogP contribution in [0, 0.1) is 0 Å². The predicted octanol–water partition coefficient (Wildman–Crippen LogP) is 2.89. The van der Waals surface area contributed by atoms with Gasteiger partial charge in [0.2, 0.25) is 5.43 Å². The number of aliphatic carboxylic acids is 1. The fraction of sp³-hybridized carbons (Fsp3) is 0.111. The van der Waals surface area contributed by atoms with Crippen molar-refractivity contribution in [2.75, 3.05) is 0 Å². The summed E-state index contributed by atoms with van der Waals surface area (Å²) in [4.78, 5) is 23.7. The molecule has 1 aromatic heterocycles. The third-order valence-electron chi connectivity index (χ3n) is 3.67. The van der Waals surface area contributed by atoms with Gasteiger partial charge >= 0.3 is 5.97 Å². The van der Waals surface area contributed by atoms with E-state index in [1.807, 2.05) is 0 Å². The van der Waals surface area contributed by atoms with Crippen molar-refractivity contribution in [2.45, 2.75) is 12.8 Å². The number of aryl methyl sites for hydroxylation is 1. The van der Waals surface area contributed by atoms with E-state index in [0.717, 1.165) is 0 Å². The molecule has 0 bridgehead atoms. The molecule has 0 amide bonds. The van der Waals surface area contributed by atoms with Gasteiger partial charge in [0.05, 0.1) is 17.4 Å². The Hall–Kier alpha value is -3.28. The van der Waals surface area contributed by atoms with Crippen molar-refractivity contribution >= 4 is 16.9 Å². The molecule has 0 spiro atoms. The number of carbonyl (C=O) groups is 1. The van der Waals surface area contributed by atoms with Crippen LogP contribution in [0.3, 0.4) is 0 Å². The molecule has 6 nitrogen and oxygen atoms in total. The first kappa shape index (κ1) is 15.6. The minimum Gasteiger partial charge on any atom is -0.508 e. The molecule has 0 saturated carbocycles. The van der Waals surface area contributed by atoms with Crippen molar-refractivity contribution in [2.24, 2.45) is 0 Å². The van der Waals surface area contributed by atoms with E-state index in [2.05, 4.69) is 0 Å². The molecule has 0 fully saturated rings. The van der Waals surface area contributed by atoms with E-state index in [1.54, 1.807) is 12.1 Å². The summed E-state index contributed by atoms with van der Waals surface area (Å²) in [5, 5.41) is 28.2. The smallest absolute Gasteiger partial charge is 0.303 e. The quantitative estimate of drug-likeness (QED) is 0.680. The van der Waals surface area contributed by atoms with E-state index in [4.69, 9.17) is 9.52 Å². The molecule has 0 aliphatic carbocycles. The third kappa shape index (κ3) is 2.94. The highest BCUT2D eigenvalue weighted by Crippen LogP contribution is 2.28. The van der Waals surface area contributed by atoms with Crippen LogP contribution in [0.4, 0.5) is 0 Å². The molecule has 0 aliphatic heterocycles. The summed E-state index contributed by atoms with van der Waals surface area (Å²) in [5.41, 5.74) is 0.664. The van der Waals surface area contributed by atoms with Crippen molar-refractivity contribution in [1.82, 2.24) is 0 Å². The molecule has 122 valence electrons. The zero-order chi connectivity index (χ0) is 17.3. The lowest BCUT2D eigenvalue weighted by atomic mass is 10.00. The van der Waals surface area contributed by atoms with E-state index in [9.17, 15) is 19.8 Å². The molecule has 2 aromatic carbocycles. The summed E-state index contributed by atoms with van der Waals surface area (Å²) in [6.45, 7) is 0. The van der Waals surface area contributed by atoms with Gasteiger partial charge in [-0.05, 0) is 29.8 Å². The second kappa shape index (κ2) is 6.08. The standard InChI is InChI=1S/C18H14O6/c19-11-3-1-10(2-4-11)17-14(7-8-16(21)22)24-15-9-12(20)5-6-13(15)18(17)23/h1-6,9,19-20H,7-8H2,(H,21,22). The number of hydrogen-bond donors (Lipinski definition) is 3. The molecule has 3 aromatic rings. The molecule has 0 unspecified atom stereocenters. The maximum absolute atomic E-state index is 12.8. The molecular formula is C18H14O6. The van der Waals surface area contributed by atoms with Crippen molar-refractivity contribution in [3.05, 3.63) is 58.4 Å². The lowest BCUT2D eigenvalue weighted by molar-refractivity contribution is -0.137. The number of benzene rings is 2. The van der Waals surface area contributed by atoms with Crippen LogP contribution in [-0.4, -0.2) is 21.3 Å². The van der Waals surface area contributed by atoms with Crippen molar-refractivity contribution < 1.29 is 24.5 Å². The average Bonchev–Trinajstić information content (AvgIpc) is 2.54. The maximum atomic E-state index is 12.8. The number of hydrogen-bond acceptors (Lipinski definition) is 5. The van der Waals surface area contributed by atoms with E-state index < -0.39 is 5.97 Å². The Morgan fingerprint density at radius 2 is 1.67 bits per heavy atom. The van der Waals surface area contributed by atoms with Gasteiger partial charge < -0.3 is 19.7 Å². The monoisotopic (exact) mass is 326 g/mol. The Morgan fingerprint density at radius 1 is 1.00 bits per heavy atom. The second-order valence-corrected chi connectivity index (χ2v) is 5.35.